The van der Waals surface area contributed by atoms with Gasteiger partial charge in [-0.15, -0.1) is 0 Å². The second-order valence-electron chi connectivity index (χ2n) is 8.35. The van der Waals surface area contributed by atoms with Crippen LogP contribution in [-0.4, -0.2) is 5.71 Å². The van der Waals surface area contributed by atoms with E-state index in [1.165, 1.54) is 22.3 Å². The largest absolute Gasteiger partial charge is 0.391 e. The number of hydrogen-bond acceptors (Lipinski definition) is 3. The summed E-state index contributed by atoms with van der Waals surface area (Å²) in [5.74, 6) is 0.255. The van der Waals surface area contributed by atoms with Crippen molar-refractivity contribution >= 4 is 5.71 Å². The van der Waals surface area contributed by atoms with E-state index in [1.807, 2.05) is 18.2 Å². The highest BCUT2D eigenvalue weighted by Gasteiger charge is 2.34. The van der Waals surface area contributed by atoms with Crippen molar-refractivity contribution in [2.45, 2.75) is 45.9 Å². The van der Waals surface area contributed by atoms with Crippen molar-refractivity contribution in [1.29, 1.82) is 0 Å². The van der Waals surface area contributed by atoms with Crippen LogP contribution in [0.4, 0.5) is 0 Å². The maximum absolute atomic E-state index is 5.80. The van der Waals surface area contributed by atoms with Crippen molar-refractivity contribution in [2.75, 3.05) is 0 Å². The lowest BCUT2D eigenvalue weighted by Gasteiger charge is -2.37. The van der Waals surface area contributed by atoms with Crippen LogP contribution in [0, 0.1) is 19.8 Å². The summed E-state index contributed by atoms with van der Waals surface area (Å²) >= 11 is 0. The third kappa shape index (κ3) is 4.80. The van der Waals surface area contributed by atoms with E-state index in [-0.39, 0.29) is 18.0 Å². The second kappa shape index (κ2) is 9.27. The number of rotatable bonds is 5. The molecule has 30 heavy (non-hydrogen) atoms. The van der Waals surface area contributed by atoms with E-state index in [2.05, 4.69) is 91.9 Å². The number of aryl methyl sites for hydroxylation is 2. The molecule has 154 valence electrons. The van der Waals surface area contributed by atoms with Crippen LogP contribution in [0.25, 0.3) is 0 Å². The zero-order chi connectivity index (χ0) is 20.9. The van der Waals surface area contributed by atoms with Gasteiger partial charge in [0.1, 0.15) is 6.61 Å². The van der Waals surface area contributed by atoms with E-state index >= 15 is 0 Å². The highest BCUT2D eigenvalue weighted by molar-refractivity contribution is 5.88. The molecule has 0 spiro atoms. The van der Waals surface area contributed by atoms with Crippen LogP contribution in [0.15, 0.2) is 84.0 Å². The number of hydrogen-bond donors (Lipinski definition) is 1. The Balaban J connectivity index is 1.59. The molecular formula is C27H30N2O. The molecule has 0 amide bonds. The summed E-state index contributed by atoms with van der Waals surface area (Å²) in [6.07, 6.45) is 0.849. The monoisotopic (exact) mass is 398 g/mol. The molecule has 3 aromatic rings. The lowest BCUT2D eigenvalue weighted by atomic mass is 9.81. The zero-order valence-corrected chi connectivity index (χ0v) is 18.0. The first kappa shape index (κ1) is 20.4. The topological polar surface area (TPSA) is 33.6 Å². The number of oxime groups is 1. The quantitative estimate of drug-likeness (QED) is 0.513. The van der Waals surface area contributed by atoms with Gasteiger partial charge in [-0.1, -0.05) is 102 Å². The Morgan fingerprint density at radius 1 is 0.833 bits per heavy atom. The fourth-order valence-electron chi connectivity index (χ4n) is 4.06. The van der Waals surface area contributed by atoms with Crippen LogP contribution in [0.2, 0.25) is 0 Å². The first-order chi connectivity index (χ1) is 14.6. The van der Waals surface area contributed by atoms with Gasteiger partial charge in [0.15, 0.2) is 0 Å². The number of piperidine rings is 1. The second-order valence-corrected chi connectivity index (χ2v) is 8.35. The highest BCUT2D eigenvalue weighted by Crippen LogP contribution is 2.35. The van der Waals surface area contributed by atoms with Gasteiger partial charge in [-0.05, 0) is 30.5 Å². The number of benzene rings is 3. The van der Waals surface area contributed by atoms with Gasteiger partial charge in [0.25, 0.3) is 0 Å². The van der Waals surface area contributed by atoms with Crippen molar-refractivity contribution in [1.82, 2.24) is 5.32 Å². The molecule has 0 radical (unpaired) electrons. The molecule has 1 fully saturated rings. The van der Waals surface area contributed by atoms with Gasteiger partial charge in [0.05, 0.1) is 5.71 Å². The SMILES string of the molecule is Cc1ccc(C2C/C(=N\OCc3ccccc3)C(C)C(c3ccc(C)cc3)N2)cc1. The molecular weight excluding hydrogens is 368 g/mol. The van der Waals surface area contributed by atoms with Crippen molar-refractivity contribution in [3.8, 4) is 0 Å². The van der Waals surface area contributed by atoms with Gasteiger partial charge in [0.2, 0.25) is 0 Å². The summed E-state index contributed by atoms with van der Waals surface area (Å²) in [5.41, 5.74) is 7.38. The number of nitrogens with zero attached hydrogens (tertiary/aromatic N) is 1. The maximum atomic E-state index is 5.80. The predicted octanol–water partition coefficient (Wildman–Crippen LogP) is 6.29. The van der Waals surface area contributed by atoms with Crippen molar-refractivity contribution < 1.29 is 4.84 Å². The third-order valence-electron chi connectivity index (χ3n) is 5.99. The van der Waals surface area contributed by atoms with Gasteiger partial charge in [-0.3, -0.25) is 0 Å². The average molecular weight is 399 g/mol. The Kier molecular flexibility index (Phi) is 6.29. The Labute approximate surface area is 179 Å². The molecule has 1 heterocycles. The molecule has 1 N–H and O–H groups in total. The summed E-state index contributed by atoms with van der Waals surface area (Å²) in [4.78, 5) is 5.80. The van der Waals surface area contributed by atoms with Crippen LogP contribution in [-0.2, 0) is 11.4 Å². The van der Waals surface area contributed by atoms with Crippen LogP contribution in [0.5, 0.6) is 0 Å². The molecule has 3 nitrogen and oxygen atoms in total. The van der Waals surface area contributed by atoms with Crippen molar-refractivity contribution in [2.24, 2.45) is 11.1 Å². The summed E-state index contributed by atoms with van der Waals surface area (Å²) in [6.45, 7) is 6.99. The molecule has 0 bridgehead atoms. The van der Waals surface area contributed by atoms with Gasteiger partial charge in [-0.25, -0.2) is 0 Å². The highest BCUT2D eigenvalue weighted by atomic mass is 16.6. The van der Waals surface area contributed by atoms with Crippen LogP contribution >= 0.6 is 0 Å². The van der Waals surface area contributed by atoms with E-state index in [9.17, 15) is 0 Å². The van der Waals surface area contributed by atoms with Gasteiger partial charge >= 0.3 is 0 Å². The van der Waals surface area contributed by atoms with Gasteiger partial charge in [-0.2, -0.15) is 0 Å². The van der Waals surface area contributed by atoms with Crippen LogP contribution in [0.1, 0.15) is 53.2 Å². The molecule has 0 saturated carbocycles. The van der Waals surface area contributed by atoms with Crippen LogP contribution in [0.3, 0.4) is 0 Å². The third-order valence-corrected chi connectivity index (χ3v) is 5.99. The molecule has 0 aliphatic carbocycles. The molecule has 1 aliphatic rings. The molecule has 3 unspecified atom stereocenters. The van der Waals surface area contributed by atoms with Gasteiger partial charge in [0, 0.05) is 24.4 Å². The normalized spacial score (nSPS) is 22.8. The molecule has 1 saturated heterocycles. The Morgan fingerprint density at radius 3 is 2.07 bits per heavy atom. The number of nitrogens with one attached hydrogen (secondary N) is 1. The lowest BCUT2D eigenvalue weighted by molar-refractivity contribution is 0.126. The van der Waals surface area contributed by atoms with Gasteiger partial charge < -0.3 is 10.2 Å². The van der Waals surface area contributed by atoms with Crippen LogP contribution < -0.4 is 5.32 Å². The summed E-state index contributed by atoms with van der Waals surface area (Å²) < 4.78 is 0. The molecule has 4 rings (SSSR count). The molecule has 1 aliphatic heterocycles. The van der Waals surface area contributed by atoms with Crippen molar-refractivity contribution in [3.63, 3.8) is 0 Å². The molecule has 3 atom stereocenters. The lowest BCUT2D eigenvalue weighted by Crippen LogP contribution is -2.41. The first-order valence-electron chi connectivity index (χ1n) is 10.7. The van der Waals surface area contributed by atoms with Crippen molar-refractivity contribution in [3.05, 3.63) is 107 Å². The average Bonchev–Trinajstić information content (AvgIpc) is 2.77. The fourth-order valence-corrected chi connectivity index (χ4v) is 4.06. The molecule has 3 heteroatoms. The minimum absolute atomic E-state index is 0.199. The predicted molar refractivity (Wildman–Crippen MR) is 123 cm³/mol. The summed E-state index contributed by atoms with van der Waals surface area (Å²) in [7, 11) is 0. The maximum Gasteiger partial charge on any atom is 0.142 e. The minimum atomic E-state index is 0.199. The fraction of sp³-hybridized carbons (Fsp3) is 0.296. The van der Waals surface area contributed by atoms with E-state index in [1.54, 1.807) is 0 Å². The Bertz CT molecular complexity index is 978. The minimum Gasteiger partial charge on any atom is -0.391 e. The summed E-state index contributed by atoms with van der Waals surface area (Å²) in [6, 6.07) is 28.2. The van der Waals surface area contributed by atoms with E-state index in [0.717, 1.165) is 17.7 Å². The Morgan fingerprint density at radius 2 is 1.43 bits per heavy atom. The molecule has 3 aromatic carbocycles. The van der Waals surface area contributed by atoms with E-state index < -0.39 is 0 Å². The summed E-state index contributed by atoms with van der Waals surface area (Å²) in [5, 5.41) is 8.50. The standard InChI is InChI=1S/C27H30N2O/c1-19-9-13-23(14-10-19)26-17-25(29-30-18-22-7-5-4-6-8-22)21(3)27(28-26)24-15-11-20(2)12-16-24/h4-16,21,26-28H,17-18H2,1-3H3/b29-25+. The zero-order valence-electron chi connectivity index (χ0n) is 18.0. The first-order valence-corrected chi connectivity index (χ1v) is 10.7. The van der Waals surface area contributed by atoms with E-state index in [0.29, 0.717) is 6.61 Å². The van der Waals surface area contributed by atoms with E-state index in [4.69, 9.17) is 4.84 Å². The molecule has 0 aromatic heterocycles. The smallest absolute Gasteiger partial charge is 0.142 e. The Hall–Kier alpha value is -2.91.